The molecule has 0 fully saturated rings. The molecule has 2 aromatic heterocycles. The largest absolute Gasteiger partial charge is 0.491 e. The lowest BCUT2D eigenvalue weighted by atomic mass is 9.98. The molecule has 0 saturated carbocycles. The van der Waals surface area contributed by atoms with E-state index in [0.29, 0.717) is 45.8 Å². The first kappa shape index (κ1) is 27.8. The Kier molecular flexibility index (Phi) is 7.96. The van der Waals surface area contributed by atoms with E-state index in [4.69, 9.17) is 14.2 Å². The maximum absolute atomic E-state index is 15.6. The number of hydrogen-bond donors (Lipinski definition) is 1. The lowest BCUT2D eigenvalue weighted by molar-refractivity contribution is 0.242. The number of aryl methyl sites for hydroxylation is 2. The van der Waals surface area contributed by atoms with Gasteiger partial charge in [0, 0.05) is 17.5 Å². The molecule has 0 aliphatic heterocycles. The number of hydrogen-bond acceptors (Lipinski definition) is 7. The third-order valence-electron chi connectivity index (χ3n) is 6.69. The molecule has 0 aliphatic rings. The summed E-state index contributed by atoms with van der Waals surface area (Å²) >= 11 is 0. The number of ether oxygens (including phenoxy) is 1. The Bertz CT molecular complexity index is 1740. The lowest BCUT2D eigenvalue weighted by Gasteiger charge is -2.17. The second-order valence-corrected chi connectivity index (χ2v) is 10.1. The predicted octanol–water partition coefficient (Wildman–Crippen LogP) is 6.57. The summed E-state index contributed by atoms with van der Waals surface area (Å²) < 4.78 is 27.6. The van der Waals surface area contributed by atoms with E-state index in [1.807, 2.05) is 64.1 Å². The van der Waals surface area contributed by atoms with Crippen LogP contribution in [0.1, 0.15) is 44.3 Å². The van der Waals surface area contributed by atoms with E-state index >= 15 is 4.39 Å². The maximum atomic E-state index is 15.6. The van der Waals surface area contributed by atoms with Gasteiger partial charge in [-0.2, -0.15) is 4.98 Å². The molecule has 1 N–H and O–H groups in total. The van der Waals surface area contributed by atoms with E-state index in [1.165, 1.54) is 6.07 Å². The second kappa shape index (κ2) is 11.8. The highest BCUT2D eigenvalue weighted by molar-refractivity contribution is 5.80. The van der Waals surface area contributed by atoms with Crippen LogP contribution in [0.3, 0.4) is 0 Å². The zero-order valence-electron chi connectivity index (χ0n) is 23.4. The van der Waals surface area contributed by atoms with Gasteiger partial charge in [-0.1, -0.05) is 60.6 Å². The Morgan fingerprint density at radius 2 is 1.71 bits per heavy atom. The molecule has 0 radical (unpaired) electrons. The SMILES string of the molecule is CCCc1nc(C)c(-c2ccc(OC(C)C)cc2)c(=O)n1Cc1ccc(-c2ccccc2-c2noc(O)n2)cc1F. The van der Waals surface area contributed by atoms with Crippen LogP contribution in [0.2, 0.25) is 0 Å². The summed E-state index contributed by atoms with van der Waals surface area (Å²) in [6.45, 7) is 7.79. The van der Waals surface area contributed by atoms with Gasteiger partial charge in [-0.15, -0.1) is 0 Å². The molecule has 5 aromatic rings. The Morgan fingerprint density at radius 3 is 2.34 bits per heavy atom. The van der Waals surface area contributed by atoms with Crippen molar-refractivity contribution in [3.63, 3.8) is 0 Å². The topological polar surface area (TPSA) is 103 Å². The normalized spacial score (nSPS) is 11.3. The Labute approximate surface area is 237 Å². The molecule has 0 amide bonds. The Balaban J connectivity index is 1.52. The summed E-state index contributed by atoms with van der Waals surface area (Å²) in [6, 6.07) is 19.5. The van der Waals surface area contributed by atoms with E-state index in [9.17, 15) is 9.90 Å². The average molecular weight is 555 g/mol. The third kappa shape index (κ3) is 5.89. The van der Waals surface area contributed by atoms with Crippen LogP contribution < -0.4 is 10.3 Å². The smallest absolute Gasteiger partial charge is 0.415 e. The lowest BCUT2D eigenvalue weighted by Crippen LogP contribution is -2.28. The molecule has 2 heterocycles. The molecular formula is C32H31FN4O4. The number of halogens is 1. The van der Waals surface area contributed by atoms with E-state index in [0.717, 1.165) is 17.7 Å². The highest BCUT2D eigenvalue weighted by atomic mass is 19.1. The van der Waals surface area contributed by atoms with Gasteiger partial charge in [0.25, 0.3) is 5.56 Å². The quantitative estimate of drug-likeness (QED) is 0.220. The van der Waals surface area contributed by atoms with Crippen LogP contribution in [0.25, 0.3) is 33.6 Å². The Morgan fingerprint density at radius 1 is 1.00 bits per heavy atom. The van der Waals surface area contributed by atoms with Crippen molar-refractivity contribution in [2.75, 3.05) is 0 Å². The second-order valence-electron chi connectivity index (χ2n) is 10.1. The predicted molar refractivity (Wildman–Crippen MR) is 154 cm³/mol. The van der Waals surface area contributed by atoms with Crippen LogP contribution in [0, 0.1) is 12.7 Å². The highest BCUT2D eigenvalue weighted by Gasteiger charge is 2.19. The molecule has 0 atom stereocenters. The summed E-state index contributed by atoms with van der Waals surface area (Å²) in [5, 5.41) is 13.3. The van der Waals surface area contributed by atoms with E-state index in [1.54, 1.807) is 28.8 Å². The first-order chi connectivity index (χ1) is 19.7. The molecule has 8 nitrogen and oxygen atoms in total. The van der Waals surface area contributed by atoms with Crippen molar-refractivity contribution in [2.24, 2.45) is 0 Å². The van der Waals surface area contributed by atoms with Gasteiger partial charge in [-0.3, -0.25) is 13.9 Å². The van der Waals surface area contributed by atoms with Crippen LogP contribution in [0.4, 0.5) is 4.39 Å². The van der Waals surface area contributed by atoms with Gasteiger partial charge in [0.2, 0.25) is 5.82 Å². The molecule has 0 spiro atoms. The third-order valence-corrected chi connectivity index (χ3v) is 6.69. The average Bonchev–Trinajstić information content (AvgIpc) is 3.38. The van der Waals surface area contributed by atoms with Crippen molar-refractivity contribution in [3.05, 3.63) is 100.0 Å². The van der Waals surface area contributed by atoms with Gasteiger partial charge >= 0.3 is 6.08 Å². The fourth-order valence-electron chi connectivity index (χ4n) is 4.87. The standard InChI is InChI=1S/C32H31FN4O4/c1-5-8-28-34-20(4)29(21-13-15-24(16-14-21)40-19(2)3)31(38)37(28)18-23-12-11-22(17-27(23)33)25-9-6-7-10-26(25)30-35-32(39)41-36-30/h6-7,9-17,19H,5,8,18H2,1-4H3,(H,35,36,39). The van der Waals surface area contributed by atoms with Crippen LogP contribution in [0.5, 0.6) is 11.8 Å². The minimum atomic E-state index is -0.546. The van der Waals surface area contributed by atoms with Crippen molar-refractivity contribution in [1.29, 1.82) is 0 Å². The van der Waals surface area contributed by atoms with Crippen molar-refractivity contribution in [1.82, 2.24) is 19.7 Å². The van der Waals surface area contributed by atoms with Gasteiger partial charge in [0.1, 0.15) is 17.4 Å². The Hall–Kier alpha value is -4.79. The summed E-state index contributed by atoms with van der Waals surface area (Å²) in [4.78, 5) is 22.5. The van der Waals surface area contributed by atoms with Gasteiger partial charge in [0.05, 0.1) is 23.9 Å². The number of aromatic hydroxyl groups is 1. The van der Waals surface area contributed by atoms with Crippen molar-refractivity contribution < 1.29 is 18.8 Å². The van der Waals surface area contributed by atoms with Crippen LogP contribution in [-0.4, -0.2) is 30.9 Å². The number of aromatic nitrogens is 4. The van der Waals surface area contributed by atoms with Gasteiger partial charge in [-0.25, -0.2) is 9.37 Å². The van der Waals surface area contributed by atoms with Crippen molar-refractivity contribution in [2.45, 2.75) is 53.2 Å². The van der Waals surface area contributed by atoms with Gasteiger partial charge < -0.3 is 9.84 Å². The minimum absolute atomic E-state index is 0.0372. The summed E-state index contributed by atoms with van der Waals surface area (Å²) in [6.07, 6.45) is 0.867. The summed E-state index contributed by atoms with van der Waals surface area (Å²) in [7, 11) is 0. The van der Waals surface area contributed by atoms with Crippen LogP contribution >= 0.6 is 0 Å². The molecule has 0 saturated heterocycles. The van der Waals surface area contributed by atoms with E-state index in [-0.39, 0.29) is 24.0 Å². The molecule has 0 unspecified atom stereocenters. The fraction of sp³-hybridized carbons (Fsp3) is 0.250. The number of rotatable bonds is 9. The number of benzene rings is 3. The maximum Gasteiger partial charge on any atom is 0.415 e. The van der Waals surface area contributed by atoms with E-state index in [2.05, 4.69) is 10.1 Å². The molecule has 5 rings (SSSR count). The van der Waals surface area contributed by atoms with Gasteiger partial charge in [-0.05, 0) is 62.1 Å². The van der Waals surface area contributed by atoms with Crippen molar-refractivity contribution in [3.8, 4) is 45.5 Å². The minimum Gasteiger partial charge on any atom is -0.491 e. The van der Waals surface area contributed by atoms with E-state index < -0.39 is 11.9 Å². The number of nitrogens with zero attached hydrogens (tertiary/aromatic N) is 4. The molecule has 41 heavy (non-hydrogen) atoms. The highest BCUT2D eigenvalue weighted by Crippen LogP contribution is 2.32. The van der Waals surface area contributed by atoms with Gasteiger partial charge in [0.15, 0.2) is 0 Å². The molecule has 0 aliphatic carbocycles. The molecule has 3 aromatic carbocycles. The zero-order chi connectivity index (χ0) is 29.1. The van der Waals surface area contributed by atoms with Crippen LogP contribution in [-0.2, 0) is 13.0 Å². The summed E-state index contributed by atoms with van der Waals surface area (Å²) in [5.74, 6) is 1.07. The summed E-state index contributed by atoms with van der Waals surface area (Å²) in [5.41, 5.74) is 3.84. The first-order valence-electron chi connectivity index (χ1n) is 13.5. The zero-order valence-corrected chi connectivity index (χ0v) is 23.4. The van der Waals surface area contributed by atoms with Crippen molar-refractivity contribution >= 4 is 0 Å². The molecule has 210 valence electrons. The molecular weight excluding hydrogens is 523 g/mol. The molecule has 9 heteroatoms. The monoisotopic (exact) mass is 554 g/mol. The first-order valence-corrected chi connectivity index (χ1v) is 13.5. The molecule has 0 bridgehead atoms. The fourth-order valence-corrected chi connectivity index (χ4v) is 4.87. The van der Waals surface area contributed by atoms with Crippen LogP contribution in [0.15, 0.2) is 76.0 Å².